The van der Waals surface area contributed by atoms with Gasteiger partial charge in [0.25, 0.3) is 5.56 Å². The quantitative estimate of drug-likeness (QED) is 0.662. The van der Waals surface area contributed by atoms with Crippen LogP contribution in [0.15, 0.2) is 46.1 Å². The molecular formula is C14H16N2OS. The van der Waals surface area contributed by atoms with E-state index in [0.29, 0.717) is 0 Å². The van der Waals surface area contributed by atoms with Gasteiger partial charge in [0.15, 0.2) is 0 Å². The number of hydrogen-bond acceptors (Lipinski definition) is 3. The topological polar surface area (TPSA) is 45.8 Å². The fourth-order valence-electron chi connectivity index (χ4n) is 1.56. The average Bonchev–Trinajstić information content (AvgIpc) is 2.41. The fraction of sp³-hybridized carbons (Fsp3) is 0.286. The molecule has 3 nitrogen and oxygen atoms in total. The SMILES string of the molecule is CCCCSc1ccc(-c2ccc(=O)[nH]n2)cc1. The second-order valence-corrected chi connectivity index (χ2v) is 5.20. The molecule has 18 heavy (non-hydrogen) atoms. The molecule has 1 heterocycles. The zero-order valence-corrected chi connectivity index (χ0v) is 11.2. The van der Waals surface area contributed by atoms with Crippen LogP contribution in [0.25, 0.3) is 11.3 Å². The smallest absolute Gasteiger partial charge is 0.264 e. The summed E-state index contributed by atoms with van der Waals surface area (Å²) < 4.78 is 0. The summed E-state index contributed by atoms with van der Waals surface area (Å²) in [5.74, 6) is 1.16. The van der Waals surface area contributed by atoms with Crippen molar-refractivity contribution in [2.45, 2.75) is 24.7 Å². The molecule has 0 atom stereocenters. The summed E-state index contributed by atoms with van der Waals surface area (Å²) in [6.07, 6.45) is 2.47. The maximum Gasteiger partial charge on any atom is 0.264 e. The van der Waals surface area contributed by atoms with Gasteiger partial charge in [-0.3, -0.25) is 4.79 Å². The highest BCUT2D eigenvalue weighted by Gasteiger charge is 2.00. The summed E-state index contributed by atoms with van der Waals surface area (Å²) in [5.41, 5.74) is 1.64. The molecule has 0 spiro atoms. The maximum absolute atomic E-state index is 10.9. The van der Waals surface area contributed by atoms with Crippen molar-refractivity contribution in [1.29, 1.82) is 0 Å². The lowest BCUT2D eigenvalue weighted by Crippen LogP contribution is -2.05. The van der Waals surface area contributed by atoms with Gasteiger partial charge in [0.1, 0.15) is 0 Å². The molecule has 1 aromatic carbocycles. The van der Waals surface area contributed by atoms with Crippen LogP contribution in [0.4, 0.5) is 0 Å². The summed E-state index contributed by atoms with van der Waals surface area (Å²) in [6.45, 7) is 2.20. The monoisotopic (exact) mass is 260 g/mol. The molecule has 0 unspecified atom stereocenters. The van der Waals surface area contributed by atoms with Crippen LogP contribution in [-0.4, -0.2) is 16.0 Å². The maximum atomic E-state index is 10.9. The van der Waals surface area contributed by atoms with Gasteiger partial charge < -0.3 is 0 Å². The third kappa shape index (κ3) is 3.47. The minimum absolute atomic E-state index is 0.175. The molecule has 1 aromatic heterocycles. The molecule has 94 valence electrons. The first kappa shape index (κ1) is 12.9. The zero-order chi connectivity index (χ0) is 12.8. The van der Waals surface area contributed by atoms with Crippen molar-refractivity contribution >= 4 is 11.8 Å². The molecule has 2 rings (SSSR count). The number of thioether (sulfide) groups is 1. The molecule has 0 aliphatic rings. The minimum atomic E-state index is -0.175. The third-order valence-electron chi connectivity index (χ3n) is 2.60. The number of hydrogen-bond donors (Lipinski definition) is 1. The van der Waals surface area contributed by atoms with Crippen LogP contribution in [-0.2, 0) is 0 Å². The lowest BCUT2D eigenvalue weighted by atomic mass is 10.1. The number of aromatic nitrogens is 2. The van der Waals surface area contributed by atoms with E-state index in [9.17, 15) is 4.79 Å². The highest BCUT2D eigenvalue weighted by Crippen LogP contribution is 2.23. The Morgan fingerprint density at radius 3 is 2.56 bits per heavy atom. The van der Waals surface area contributed by atoms with Crippen LogP contribution in [0.2, 0.25) is 0 Å². The molecular weight excluding hydrogens is 244 g/mol. The van der Waals surface area contributed by atoms with Gasteiger partial charge in [0.2, 0.25) is 0 Å². The Bertz CT molecular complexity index is 528. The van der Waals surface area contributed by atoms with Gasteiger partial charge >= 0.3 is 0 Å². The first-order valence-corrected chi connectivity index (χ1v) is 7.07. The Balaban J connectivity index is 2.07. The molecule has 4 heteroatoms. The second kappa shape index (κ2) is 6.40. The minimum Gasteiger partial charge on any atom is -0.268 e. The number of H-pyrrole nitrogens is 1. The highest BCUT2D eigenvalue weighted by molar-refractivity contribution is 7.99. The van der Waals surface area contributed by atoms with Gasteiger partial charge in [-0.1, -0.05) is 25.5 Å². The van der Waals surface area contributed by atoms with E-state index in [4.69, 9.17) is 0 Å². The summed E-state index contributed by atoms with van der Waals surface area (Å²) in [6, 6.07) is 11.5. The Kier molecular flexibility index (Phi) is 4.59. The van der Waals surface area contributed by atoms with Gasteiger partial charge in [-0.25, -0.2) is 5.10 Å². The zero-order valence-electron chi connectivity index (χ0n) is 10.3. The van der Waals surface area contributed by atoms with Gasteiger partial charge in [0.05, 0.1) is 5.69 Å². The first-order chi connectivity index (χ1) is 8.79. The summed E-state index contributed by atoms with van der Waals surface area (Å²) >= 11 is 1.87. The van der Waals surface area contributed by atoms with Crippen molar-refractivity contribution in [3.63, 3.8) is 0 Å². The van der Waals surface area contributed by atoms with Crippen molar-refractivity contribution < 1.29 is 0 Å². The first-order valence-electron chi connectivity index (χ1n) is 6.08. The predicted molar refractivity (Wildman–Crippen MR) is 75.9 cm³/mol. The molecule has 0 bridgehead atoms. The number of nitrogens with zero attached hydrogens (tertiary/aromatic N) is 1. The fourth-order valence-corrected chi connectivity index (χ4v) is 2.56. The summed E-state index contributed by atoms with van der Waals surface area (Å²) in [7, 11) is 0. The number of rotatable bonds is 5. The molecule has 1 N–H and O–H groups in total. The van der Waals surface area contributed by atoms with Crippen LogP contribution in [0.1, 0.15) is 19.8 Å². The van der Waals surface area contributed by atoms with E-state index >= 15 is 0 Å². The van der Waals surface area contributed by atoms with Crippen LogP contribution < -0.4 is 5.56 Å². The van der Waals surface area contributed by atoms with Crippen molar-refractivity contribution in [2.24, 2.45) is 0 Å². The normalized spacial score (nSPS) is 10.5. The molecule has 0 fully saturated rings. The van der Waals surface area contributed by atoms with Gasteiger partial charge in [-0.2, -0.15) is 5.10 Å². The van der Waals surface area contributed by atoms with Crippen LogP contribution in [0.5, 0.6) is 0 Å². The molecule has 0 saturated heterocycles. The molecule has 0 aliphatic heterocycles. The van der Waals surface area contributed by atoms with Crippen LogP contribution in [0.3, 0.4) is 0 Å². The van der Waals surface area contributed by atoms with E-state index in [2.05, 4.69) is 29.3 Å². The molecule has 2 aromatic rings. The molecule has 0 radical (unpaired) electrons. The lowest BCUT2D eigenvalue weighted by Gasteiger charge is -2.03. The summed E-state index contributed by atoms with van der Waals surface area (Å²) in [4.78, 5) is 12.2. The Morgan fingerprint density at radius 2 is 1.94 bits per heavy atom. The van der Waals surface area contributed by atoms with Gasteiger partial charge in [0, 0.05) is 16.5 Å². The van der Waals surface area contributed by atoms with E-state index in [0.717, 1.165) is 17.0 Å². The van der Waals surface area contributed by atoms with Crippen LogP contribution >= 0.6 is 11.8 Å². The van der Waals surface area contributed by atoms with Gasteiger partial charge in [-0.15, -0.1) is 11.8 Å². The number of benzene rings is 1. The highest BCUT2D eigenvalue weighted by atomic mass is 32.2. The van der Waals surface area contributed by atoms with Crippen molar-refractivity contribution in [1.82, 2.24) is 10.2 Å². The average molecular weight is 260 g/mol. The standard InChI is InChI=1S/C14H16N2OS/c1-2-3-10-18-12-6-4-11(5-7-12)13-8-9-14(17)16-15-13/h4-9H,2-3,10H2,1H3,(H,16,17). The Morgan fingerprint density at radius 1 is 1.17 bits per heavy atom. The van der Waals surface area contributed by atoms with Crippen molar-refractivity contribution in [3.05, 3.63) is 46.8 Å². The molecule has 0 amide bonds. The predicted octanol–water partition coefficient (Wildman–Crippen LogP) is 3.33. The van der Waals surface area contributed by atoms with E-state index in [1.54, 1.807) is 6.07 Å². The molecule has 0 saturated carbocycles. The van der Waals surface area contributed by atoms with Crippen molar-refractivity contribution in [2.75, 3.05) is 5.75 Å². The Labute approximate surface area is 111 Å². The van der Waals surface area contributed by atoms with E-state index in [-0.39, 0.29) is 5.56 Å². The second-order valence-electron chi connectivity index (χ2n) is 4.03. The van der Waals surface area contributed by atoms with E-state index < -0.39 is 0 Å². The van der Waals surface area contributed by atoms with Crippen LogP contribution in [0, 0.1) is 0 Å². The number of nitrogens with one attached hydrogen (secondary N) is 1. The Hall–Kier alpha value is -1.55. The summed E-state index contributed by atoms with van der Waals surface area (Å²) in [5, 5.41) is 6.45. The van der Waals surface area contributed by atoms with Gasteiger partial charge in [-0.05, 0) is 30.4 Å². The number of aromatic amines is 1. The molecule has 0 aliphatic carbocycles. The third-order valence-corrected chi connectivity index (χ3v) is 3.69. The number of unbranched alkanes of at least 4 members (excludes halogenated alkanes) is 1. The largest absolute Gasteiger partial charge is 0.268 e. The lowest BCUT2D eigenvalue weighted by molar-refractivity contribution is 0.896. The van der Waals surface area contributed by atoms with Crippen molar-refractivity contribution in [3.8, 4) is 11.3 Å². The van der Waals surface area contributed by atoms with E-state index in [1.165, 1.54) is 23.8 Å². The van der Waals surface area contributed by atoms with E-state index in [1.807, 2.05) is 23.9 Å².